The molecular formula is C18H25N3. The van der Waals surface area contributed by atoms with Gasteiger partial charge in [-0.3, -0.25) is 4.99 Å². The topological polar surface area (TPSA) is 36.4 Å². The van der Waals surface area contributed by atoms with Crippen LogP contribution in [0, 0.1) is 5.92 Å². The second-order valence-electron chi connectivity index (χ2n) is 5.71. The number of fused-ring (bicyclic) bond motifs is 1. The highest BCUT2D eigenvalue weighted by Gasteiger charge is 2.00. The lowest BCUT2D eigenvalue weighted by atomic mass is 10.1. The summed E-state index contributed by atoms with van der Waals surface area (Å²) in [7, 11) is 1.81. The van der Waals surface area contributed by atoms with Crippen LogP contribution in [0.2, 0.25) is 0 Å². The summed E-state index contributed by atoms with van der Waals surface area (Å²) in [5.74, 6) is 1.49. The Balaban J connectivity index is 1.86. The van der Waals surface area contributed by atoms with Crippen LogP contribution < -0.4 is 10.6 Å². The smallest absolute Gasteiger partial charge is 0.190 e. The van der Waals surface area contributed by atoms with E-state index in [0.29, 0.717) is 5.92 Å². The van der Waals surface area contributed by atoms with E-state index in [4.69, 9.17) is 0 Å². The Morgan fingerprint density at radius 1 is 1.05 bits per heavy atom. The van der Waals surface area contributed by atoms with E-state index in [1.807, 2.05) is 7.05 Å². The van der Waals surface area contributed by atoms with E-state index in [1.54, 1.807) is 0 Å². The molecule has 0 unspecified atom stereocenters. The van der Waals surface area contributed by atoms with Gasteiger partial charge in [-0.1, -0.05) is 56.3 Å². The molecule has 21 heavy (non-hydrogen) atoms. The van der Waals surface area contributed by atoms with Crippen LogP contribution in [0.1, 0.15) is 19.4 Å². The second kappa shape index (κ2) is 7.67. The Kier molecular flexibility index (Phi) is 5.61. The predicted octanol–water partition coefficient (Wildman–Crippen LogP) is 3.20. The predicted molar refractivity (Wildman–Crippen MR) is 91.9 cm³/mol. The number of aliphatic imine (C=N–C) groups is 1. The van der Waals surface area contributed by atoms with Crippen molar-refractivity contribution in [2.45, 2.75) is 20.3 Å². The lowest BCUT2D eigenvalue weighted by Crippen LogP contribution is -2.39. The van der Waals surface area contributed by atoms with E-state index in [-0.39, 0.29) is 0 Å². The molecule has 0 saturated carbocycles. The van der Waals surface area contributed by atoms with Crippen molar-refractivity contribution in [3.8, 4) is 0 Å². The van der Waals surface area contributed by atoms with E-state index < -0.39 is 0 Å². The lowest BCUT2D eigenvalue weighted by molar-refractivity contribution is 0.614. The maximum absolute atomic E-state index is 4.24. The van der Waals surface area contributed by atoms with Crippen molar-refractivity contribution < 1.29 is 0 Å². The monoisotopic (exact) mass is 283 g/mol. The van der Waals surface area contributed by atoms with Crippen LogP contribution in [0.3, 0.4) is 0 Å². The fourth-order valence-corrected chi connectivity index (χ4v) is 2.24. The summed E-state index contributed by atoms with van der Waals surface area (Å²) in [6.45, 7) is 6.20. The van der Waals surface area contributed by atoms with Crippen LogP contribution in [0.5, 0.6) is 0 Å². The molecule has 0 fully saturated rings. The summed E-state index contributed by atoms with van der Waals surface area (Å²) in [5.41, 5.74) is 1.35. The van der Waals surface area contributed by atoms with Gasteiger partial charge in [0.25, 0.3) is 0 Å². The number of nitrogens with one attached hydrogen (secondary N) is 2. The third-order valence-electron chi connectivity index (χ3n) is 3.42. The summed E-state index contributed by atoms with van der Waals surface area (Å²) in [6, 6.07) is 15.1. The Morgan fingerprint density at radius 3 is 2.52 bits per heavy atom. The van der Waals surface area contributed by atoms with Crippen molar-refractivity contribution in [2.24, 2.45) is 10.9 Å². The quantitative estimate of drug-likeness (QED) is 0.653. The first-order valence-electron chi connectivity index (χ1n) is 7.61. The molecule has 2 aromatic rings. The average molecular weight is 283 g/mol. The molecule has 0 aliphatic heterocycles. The zero-order valence-electron chi connectivity index (χ0n) is 13.2. The van der Waals surface area contributed by atoms with Gasteiger partial charge in [-0.15, -0.1) is 0 Å². The van der Waals surface area contributed by atoms with Crippen LogP contribution in [0.25, 0.3) is 10.8 Å². The number of nitrogens with zero attached hydrogens (tertiary/aromatic N) is 1. The largest absolute Gasteiger partial charge is 0.356 e. The number of hydrogen-bond donors (Lipinski definition) is 2. The maximum Gasteiger partial charge on any atom is 0.190 e. The molecule has 0 spiro atoms. The zero-order valence-corrected chi connectivity index (χ0v) is 13.2. The minimum absolute atomic E-state index is 0.615. The van der Waals surface area contributed by atoms with Gasteiger partial charge in [0, 0.05) is 20.1 Å². The van der Waals surface area contributed by atoms with Crippen molar-refractivity contribution >= 4 is 16.7 Å². The van der Waals surface area contributed by atoms with E-state index in [9.17, 15) is 0 Å². The highest BCUT2D eigenvalue weighted by Crippen LogP contribution is 2.15. The Bertz CT molecular complexity index is 602. The standard InChI is InChI=1S/C18H25N3/c1-14(2)13-21-18(19-3)20-11-10-15-8-9-16-6-4-5-7-17(16)12-15/h4-9,12,14H,10-11,13H2,1-3H3,(H2,19,20,21). The molecule has 0 radical (unpaired) electrons. The lowest BCUT2D eigenvalue weighted by Gasteiger charge is -2.13. The molecule has 0 atom stereocenters. The van der Waals surface area contributed by atoms with Gasteiger partial charge in [0.05, 0.1) is 0 Å². The van der Waals surface area contributed by atoms with Gasteiger partial charge in [0.1, 0.15) is 0 Å². The van der Waals surface area contributed by atoms with Crippen molar-refractivity contribution in [2.75, 3.05) is 20.1 Å². The molecule has 3 heteroatoms. The highest BCUT2D eigenvalue weighted by molar-refractivity contribution is 5.83. The summed E-state index contributed by atoms with van der Waals surface area (Å²) in [5, 5.41) is 9.28. The highest BCUT2D eigenvalue weighted by atomic mass is 15.2. The van der Waals surface area contributed by atoms with E-state index in [1.165, 1.54) is 16.3 Å². The first kappa shape index (κ1) is 15.4. The van der Waals surface area contributed by atoms with Gasteiger partial charge in [0.2, 0.25) is 0 Å². The third-order valence-corrected chi connectivity index (χ3v) is 3.42. The molecule has 0 saturated heterocycles. The van der Waals surface area contributed by atoms with Gasteiger partial charge in [-0.05, 0) is 28.7 Å². The van der Waals surface area contributed by atoms with Crippen molar-refractivity contribution in [3.05, 3.63) is 48.0 Å². The summed E-state index contributed by atoms with van der Waals surface area (Å²) < 4.78 is 0. The molecule has 2 N–H and O–H groups in total. The van der Waals surface area contributed by atoms with E-state index in [0.717, 1.165) is 25.5 Å². The molecular weight excluding hydrogens is 258 g/mol. The third kappa shape index (κ3) is 4.78. The molecule has 3 nitrogen and oxygen atoms in total. The fraction of sp³-hybridized carbons (Fsp3) is 0.389. The molecule has 0 aromatic heterocycles. The maximum atomic E-state index is 4.24. The molecule has 2 aromatic carbocycles. The second-order valence-corrected chi connectivity index (χ2v) is 5.71. The van der Waals surface area contributed by atoms with Crippen LogP contribution >= 0.6 is 0 Å². The van der Waals surface area contributed by atoms with Crippen molar-refractivity contribution in [1.82, 2.24) is 10.6 Å². The molecule has 112 valence electrons. The number of hydrogen-bond acceptors (Lipinski definition) is 1. The SMILES string of the molecule is CN=C(NCCc1ccc2ccccc2c1)NCC(C)C. The average Bonchev–Trinajstić information content (AvgIpc) is 2.50. The van der Waals surface area contributed by atoms with Crippen LogP contribution in [0.4, 0.5) is 0 Å². The number of guanidine groups is 1. The van der Waals surface area contributed by atoms with Crippen LogP contribution in [-0.2, 0) is 6.42 Å². The summed E-state index contributed by atoms with van der Waals surface area (Å²) in [6.07, 6.45) is 0.993. The minimum Gasteiger partial charge on any atom is -0.356 e. The normalized spacial score (nSPS) is 11.9. The van der Waals surface area contributed by atoms with E-state index in [2.05, 4.69) is 71.9 Å². The molecule has 0 aliphatic carbocycles. The fourth-order valence-electron chi connectivity index (χ4n) is 2.24. The minimum atomic E-state index is 0.615. The summed E-state index contributed by atoms with van der Waals surface area (Å²) in [4.78, 5) is 4.24. The zero-order chi connectivity index (χ0) is 15.1. The Morgan fingerprint density at radius 2 is 1.81 bits per heavy atom. The number of rotatable bonds is 5. The first-order valence-corrected chi connectivity index (χ1v) is 7.61. The van der Waals surface area contributed by atoms with Gasteiger partial charge in [0.15, 0.2) is 5.96 Å². The Labute approximate surface area is 127 Å². The number of benzene rings is 2. The molecule has 0 amide bonds. The summed E-state index contributed by atoms with van der Waals surface area (Å²) >= 11 is 0. The van der Waals surface area contributed by atoms with Gasteiger partial charge in [-0.2, -0.15) is 0 Å². The molecule has 0 heterocycles. The van der Waals surface area contributed by atoms with Crippen LogP contribution in [0.15, 0.2) is 47.5 Å². The van der Waals surface area contributed by atoms with Crippen molar-refractivity contribution in [3.63, 3.8) is 0 Å². The van der Waals surface area contributed by atoms with Gasteiger partial charge in [-0.25, -0.2) is 0 Å². The van der Waals surface area contributed by atoms with Crippen molar-refractivity contribution in [1.29, 1.82) is 0 Å². The first-order chi connectivity index (χ1) is 10.2. The molecule has 2 rings (SSSR count). The van der Waals surface area contributed by atoms with Crippen LogP contribution in [-0.4, -0.2) is 26.1 Å². The molecule has 0 aliphatic rings. The van der Waals surface area contributed by atoms with Gasteiger partial charge < -0.3 is 10.6 Å². The molecule has 0 bridgehead atoms. The van der Waals surface area contributed by atoms with Gasteiger partial charge >= 0.3 is 0 Å². The Hall–Kier alpha value is -2.03. The van der Waals surface area contributed by atoms with E-state index >= 15 is 0 Å².